The van der Waals surface area contributed by atoms with Gasteiger partial charge in [-0.15, -0.1) is 0 Å². The third-order valence-corrected chi connectivity index (χ3v) is 6.67. The highest BCUT2D eigenvalue weighted by atomic mass is 32.2. The van der Waals surface area contributed by atoms with Crippen molar-refractivity contribution in [2.24, 2.45) is 5.92 Å². The number of nitrogens with zero attached hydrogens (tertiary/aromatic N) is 1. The summed E-state index contributed by atoms with van der Waals surface area (Å²) in [5, 5.41) is 5.17. The smallest absolute Gasteiger partial charge is 0.224 e. The molecule has 0 bridgehead atoms. The van der Waals surface area contributed by atoms with Gasteiger partial charge in [0, 0.05) is 20.0 Å². The Morgan fingerprint density at radius 1 is 1.15 bits per heavy atom. The van der Waals surface area contributed by atoms with Crippen LogP contribution in [0.5, 0.6) is 0 Å². The first kappa shape index (κ1) is 18.8. The van der Waals surface area contributed by atoms with Gasteiger partial charge in [0.2, 0.25) is 15.9 Å². The zero-order valence-corrected chi connectivity index (χ0v) is 15.8. The minimum absolute atomic E-state index is 0.0269. The number of fused-ring (bicyclic) bond motifs is 1. The second kappa shape index (κ2) is 7.73. The molecule has 7 heteroatoms. The van der Waals surface area contributed by atoms with Crippen molar-refractivity contribution in [1.82, 2.24) is 9.62 Å². The van der Waals surface area contributed by atoms with Crippen molar-refractivity contribution < 1.29 is 17.9 Å². The summed E-state index contributed by atoms with van der Waals surface area (Å²) >= 11 is 0. The molecule has 1 aliphatic rings. The minimum Gasteiger partial charge on any atom is -0.379 e. The Morgan fingerprint density at radius 2 is 1.88 bits per heavy atom. The molecule has 1 aliphatic heterocycles. The highest BCUT2D eigenvalue weighted by molar-refractivity contribution is 7.89. The lowest BCUT2D eigenvalue weighted by atomic mass is 10.0. The van der Waals surface area contributed by atoms with E-state index in [1.165, 1.54) is 18.4 Å². The molecule has 0 spiro atoms. The number of benzene rings is 2. The number of rotatable bonds is 6. The number of ether oxygens (including phenoxy) is 1. The normalized spacial score (nSPS) is 20.6. The van der Waals surface area contributed by atoms with E-state index in [0.717, 1.165) is 16.3 Å². The molecule has 1 saturated heterocycles. The van der Waals surface area contributed by atoms with Crippen LogP contribution >= 0.6 is 0 Å². The zero-order chi connectivity index (χ0) is 18.7. The van der Waals surface area contributed by atoms with Crippen molar-refractivity contribution in [3.8, 4) is 0 Å². The Balaban J connectivity index is 1.63. The summed E-state index contributed by atoms with van der Waals surface area (Å²) in [6.45, 7) is 0.686. The van der Waals surface area contributed by atoms with Gasteiger partial charge < -0.3 is 10.1 Å². The molecular weight excluding hydrogens is 352 g/mol. The predicted octanol–water partition coefficient (Wildman–Crippen LogP) is 1.40. The first-order valence-electron chi connectivity index (χ1n) is 8.60. The standard InChI is InChI=1S/C19H24N2O4S/c1-21(2)26(23,24)13-17-11-25-12-18(17)20-19(22)10-14-7-8-15-5-3-4-6-16(15)9-14/h3-9,17-18H,10-13H2,1-2H3,(H,20,22). The summed E-state index contributed by atoms with van der Waals surface area (Å²) < 4.78 is 30.8. The molecule has 1 heterocycles. The second-order valence-corrected chi connectivity index (χ2v) is 9.12. The summed E-state index contributed by atoms with van der Waals surface area (Å²) in [5.41, 5.74) is 0.928. The fraction of sp³-hybridized carbons (Fsp3) is 0.421. The number of carbonyl (C=O) groups excluding carboxylic acids is 1. The van der Waals surface area contributed by atoms with Crippen LogP contribution in [0.1, 0.15) is 5.56 Å². The summed E-state index contributed by atoms with van der Waals surface area (Å²) in [5.74, 6) is -0.382. The average Bonchev–Trinajstić information content (AvgIpc) is 3.00. The first-order chi connectivity index (χ1) is 12.3. The maximum absolute atomic E-state index is 12.4. The molecule has 1 N–H and O–H groups in total. The molecule has 0 aromatic heterocycles. The Labute approximate surface area is 154 Å². The lowest BCUT2D eigenvalue weighted by Gasteiger charge is -2.21. The van der Waals surface area contributed by atoms with E-state index in [9.17, 15) is 13.2 Å². The summed E-state index contributed by atoms with van der Waals surface area (Å²) in [6, 6.07) is 13.7. The van der Waals surface area contributed by atoms with Gasteiger partial charge in [-0.25, -0.2) is 12.7 Å². The van der Waals surface area contributed by atoms with Crippen molar-refractivity contribution in [1.29, 1.82) is 0 Å². The molecular formula is C19H24N2O4S. The van der Waals surface area contributed by atoms with Crippen LogP contribution in [0.15, 0.2) is 42.5 Å². The molecule has 1 fully saturated rings. The number of amides is 1. The van der Waals surface area contributed by atoms with E-state index in [1.54, 1.807) is 0 Å². The molecule has 0 aliphatic carbocycles. The van der Waals surface area contributed by atoms with Crippen molar-refractivity contribution in [2.75, 3.05) is 33.1 Å². The van der Waals surface area contributed by atoms with E-state index >= 15 is 0 Å². The molecule has 2 unspecified atom stereocenters. The van der Waals surface area contributed by atoms with E-state index in [0.29, 0.717) is 13.2 Å². The maximum atomic E-state index is 12.4. The third-order valence-electron chi connectivity index (χ3n) is 4.70. The summed E-state index contributed by atoms with van der Waals surface area (Å²) in [6.07, 6.45) is 0.258. The van der Waals surface area contributed by atoms with Crippen LogP contribution in [0, 0.1) is 5.92 Å². The van der Waals surface area contributed by atoms with Gasteiger partial charge >= 0.3 is 0 Å². The Hall–Kier alpha value is -1.96. The predicted molar refractivity (Wildman–Crippen MR) is 101 cm³/mol. The molecule has 1 amide bonds. The SMILES string of the molecule is CN(C)S(=O)(=O)CC1COCC1NC(=O)Cc1ccc2ccccc2c1. The monoisotopic (exact) mass is 376 g/mol. The van der Waals surface area contributed by atoms with E-state index in [2.05, 4.69) is 5.32 Å². The maximum Gasteiger partial charge on any atom is 0.224 e. The van der Waals surface area contributed by atoms with Crippen LogP contribution in [0.3, 0.4) is 0 Å². The molecule has 2 aromatic carbocycles. The fourth-order valence-corrected chi connectivity index (χ4v) is 4.30. The minimum atomic E-state index is -3.33. The Bertz CT molecular complexity index is 895. The molecule has 0 saturated carbocycles. The topological polar surface area (TPSA) is 75.7 Å². The molecule has 2 aromatic rings. The number of nitrogens with one attached hydrogen (secondary N) is 1. The molecule has 6 nitrogen and oxygen atoms in total. The van der Waals surface area contributed by atoms with Crippen LogP contribution in [0.2, 0.25) is 0 Å². The lowest BCUT2D eigenvalue weighted by Crippen LogP contribution is -2.44. The van der Waals surface area contributed by atoms with Crippen molar-refractivity contribution in [2.45, 2.75) is 12.5 Å². The van der Waals surface area contributed by atoms with Crippen LogP contribution in [-0.2, 0) is 26.0 Å². The van der Waals surface area contributed by atoms with Crippen molar-refractivity contribution in [3.63, 3.8) is 0 Å². The number of sulfonamides is 1. The van der Waals surface area contributed by atoms with E-state index < -0.39 is 10.0 Å². The van der Waals surface area contributed by atoms with Gasteiger partial charge in [0.1, 0.15) is 0 Å². The van der Waals surface area contributed by atoms with Gasteiger partial charge in [-0.1, -0.05) is 42.5 Å². The first-order valence-corrected chi connectivity index (χ1v) is 10.2. The van der Waals surface area contributed by atoms with Gasteiger partial charge in [0.25, 0.3) is 0 Å². The molecule has 3 rings (SSSR count). The Kier molecular flexibility index (Phi) is 5.60. The van der Waals surface area contributed by atoms with Crippen molar-refractivity contribution in [3.05, 3.63) is 48.0 Å². The highest BCUT2D eigenvalue weighted by Crippen LogP contribution is 2.19. The van der Waals surface area contributed by atoms with Gasteiger partial charge in [0.05, 0.1) is 31.4 Å². The summed E-state index contributed by atoms with van der Waals surface area (Å²) in [4.78, 5) is 12.4. The van der Waals surface area contributed by atoms with E-state index in [-0.39, 0.29) is 30.0 Å². The number of carbonyl (C=O) groups is 1. The fourth-order valence-electron chi connectivity index (χ4n) is 3.13. The van der Waals surface area contributed by atoms with Gasteiger partial charge in [0.15, 0.2) is 0 Å². The van der Waals surface area contributed by atoms with Gasteiger partial charge in [-0.05, 0) is 16.3 Å². The number of hydrogen-bond acceptors (Lipinski definition) is 4. The average molecular weight is 376 g/mol. The van der Waals surface area contributed by atoms with Crippen LogP contribution in [0.4, 0.5) is 0 Å². The molecule has 2 atom stereocenters. The molecule has 140 valence electrons. The van der Waals surface area contributed by atoms with Gasteiger partial charge in [-0.3, -0.25) is 4.79 Å². The van der Waals surface area contributed by atoms with Crippen LogP contribution in [0.25, 0.3) is 10.8 Å². The van der Waals surface area contributed by atoms with Crippen LogP contribution in [-0.4, -0.2) is 57.7 Å². The lowest BCUT2D eigenvalue weighted by molar-refractivity contribution is -0.121. The zero-order valence-electron chi connectivity index (χ0n) is 15.0. The largest absolute Gasteiger partial charge is 0.379 e. The van der Waals surface area contributed by atoms with Gasteiger partial charge in [-0.2, -0.15) is 0 Å². The highest BCUT2D eigenvalue weighted by Gasteiger charge is 2.34. The second-order valence-electron chi connectivity index (χ2n) is 6.89. The quantitative estimate of drug-likeness (QED) is 0.827. The third kappa shape index (κ3) is 4.41. The number of hydrogen-bond donors (Lipinski definition) is 1. The van der Waals surface area contributed by atoms with Crippen LogP contribution < -0.4 is 5.32 Å². The van der Waals surface area contributed by atoms with Crippen molar-refractivity contribution >= 4 is 26.7 Å². The van der Waals surface area contributed by atoms with E-state index in [4.69, 9.17) is 4.74 Å². The molecule has 26 heavy (non-hydrogen) atoms. The Morgan fingerprint density at radius 3 is 2.62 bits per heavy atom. The summed E-state index contributed by atoms with van der Waals surface area (Å²) in [7, 11) is -0.307. The molecule has 0 radical (unpaired) electrons. The van der Waals surface area contributed by atoms with E-state index in [1.807, 2.05) is 42.5 Å².